The number of ether oxygens (including phenoxy) is 2. The molecule has 0 aliphatic heterocycles. The van der Waals surface area contributed by atoms with Gasteiger partial charge in [-0.3, -0.25) is 9.59 Å². The predicted octanol–water partition coefficient (Wildman–Crippen LogP) is 6.15. The fourth-order valence-corrected chi connectivity index (χ4v) is 5.34. The van der Waals surface area contributed by atoms with Gasteiger partial charge < -0.3 is 19.7 Å². The summed E-state index contributed by atoms with van der Waals surface area (Å²) in [6.07, 6.45) is 4.57. The van der Waals surface area contributed by atoms with Gasteiger partial charge in [-0.25, -0.2) is 0 Å². The van der Waals surface area contributed by atoms with E-state index in [-0.39, 0.29) is 31.0 Å². The van der Waals surface area contributed by atoms with Gasteiger partial charge in [0.15, 0.2) is 6.61 Å². The quantitative estimate of drug-likeness (QED) is 0.290. The van der Waals surface area contributed by atoms with Crippen LogP contribution >= 0.6 is 15.9 Å². The number of carbonyl (C=O) groups excluding carboxylic acids is 2. The van der Waals surface area contributed by atoms with Crippen LogP contribution < -0.4 is 14.8 Å². The molecule has 1 atom stereocenters. The number of benzene rings is 3. The topological polar surface area (TPSA) is 67.9 Å². The lowest BCUT2D eigenvalue weighted by Gasteiger charge is -2.32. The van der Waals surface area contributed by atoms with Gasteiger partial charge in [-0.1, -0.05) is 71.2 Å². The SMILES string of the molecule is COc1cccc(CN(C(=O)COc2cc(C)c(Br)c(C)c2)[C@@H](Cc2ccccc2)C(=O)NC2CCCC2)c1. The first-order valence-corrected chi connectivity index (χ1v) is 14.3. The summed E-state index contributed by atoms with van der Waals surface area (Å²) in [4.78, 5) is 29.3. The highest BCUT2D eigenvalue weighted by atomic mass is 79.9. The lowest BCUT2D eigenvalue weighted by molar-refractivity contribution is -0.143. The highest BCUT2D eigenvalue weighted by Crippen LogP contribution is 2.27. The number of rotatable bonds is 11. The van der Waals surface area contributed by atoms with E-state index in [0.717, 1.165) is 52.4 Å². The van der Waals surface area contributed by atoms with Gasteiger partial charge in [0.05, 0.1) is 7.11 Å². The molecule has 0 radical (unpaired) electrons. The van der Waals surface area contributed by atoms with E-state index in [9.17, 15) is 9.59 Å². The van der Waals surface area contributed by atoms with E-state index in [1.807, 2.05) is 80.6 Å². The van der Waals surface area contributed by atoms with Crippen molar-refractivity contribution in [2.75, 3.05) is 13.7 Å². The second kappa shape index (κ2) is 13.7. The Labute approximate surface area is 239 Å². The molecule has 0 bridgehead atoms. The van der Waals surface area contributed by atoms with Crippen LogP contribution in [-0.2, 0) is 22.6 Å². The van der Waals surface area contributed by atoms with Crippen molar-refractivity contribution in [2.24, 2.45) is 0 Å². The molecule has 1 N–H and O–H groups in total. The maximum Gasteiger partial charge on any atom is 0.261 e. The summed E-state index contributed by atoms with van der Waals surface area (Å²) in [6.45, 7) is 4.06. The molecule has 1 aliphatic rings. The molecule has 0 saturated heterocycles. The van der Waals surface area contributed by atoms with Crippen LogP contribution in [0.2, 0.25) is 0 Å². The number of nitrogens with zero attached hydrogens (tertiary/aromatic N) is 1. The van der Waals surface area contributed by atoms with Crippen molar-refractivity contribution < 1.29 is 19.1 Å². The molecule has 2 amide bonds. The van der Waals surface area contributed by atoms with Gasteiger partial charge in [0.25, 0.3) is 5.91 Å². The maximum atomic E-state index is 13.9. The number of carbonyl (C=O) groups is 2. The van der Waals surface area contributed by atoms with E-state index in [4.69, 9.17) is 9.47 Å². The molecular weight excluding hydrogens is 556 g/mol. The first-order valence-electron chi connectivity index (χ1n) is 13.5. The lowest BCUT2D eigenvalue weighted by atomic mass is 10.0. The smallest absolute Gasteiger partial charge is 0.261 e. The zero-order chi connectivity index (χ0) is 27.8. The van der Waals surface area contributed by atoms with Crippen LogP contribution in [0.1, 0.15) is 47.9 Å². The average Bonchev–Trinajstić information content (AvgIpc) is 3.45. The van der Waals surface area contributed by atoms with Crippen LogP contribution in [0.5, 0.6) is 11.5 Å². The van der Waals surface area contributed by atoms with E-state index in [0.29, 0.717) is 17.9 Å². The van der Waals surface area contributed by atoms with Crippen LogP contribution in [-0.4, -0.2) is 42.5 Å². The van der Waals surface area contributed by atoms with Crippen LogP contribution in [0.15, 0.2) is 71.2 Å². The first-order chi connectivity index (χ1) is 18.8. The van der Waals surface area contributed by atoms with Crippen molar-refractivity contribution in [3.05, 3.63) is 93.5 Å². The third-order valence-electron chi connectivity index (χ3n) is 7.23. The van der Waals surface area contributed by atoms with E-state index < -0.39 is 6.04 Å². The minimum Gasteiger partial charge on any atom is -0.497 e. The number of methoxy groups -OCH3 is 1. The minimum absolute atomic E-state index is 0.127. The summed E-state index contributed by atoms with van der Waals surface area (Å²) < 4.78 is 12.4. The molecule has 1 fully saturated rings. The Morgan fingerprint density at radius 2 is 1.62 bits per heavy atom. The van der Waals surface area contributed by atoms with Gasteiger partial charge in [-0.2, -0.15) is 0 Å². The second-order valence-electron chi connectivity index (χ2n) is 10.2. The van der Waals surface area contributed by atoms with Gasteiger partial charge in [-0.15, -0.1) is 0 Å². The van der Waals surface area contributed by atoms with Gasteiger partial charge >= 0.3 is 0 Å². The zero-order valence-electron chi connectivity index (χ0n) is 22.9. The number of halogens is 1. The Morgan fingerprint density at radius 3 is 2.28 bits per heavy atom. The van der Waals surface area contributed by atoms with Crippen molar-refractivity contribution in [1.82, 2.24) is 10.2 Å². The van der Waals surface area contributed by atoms with E-state index in [2.05, 4.69) is 21.2 Å². The molecule has 1 aliphatic carbocycles. The Morgan fingerprint density at radius 1 is 0.949 bits per heavy atom. The van der Waals surface area contributed by atoms with E-state index >= 15 is 0 Å². The van der Waals surface area contributed by atoms with Crippen molar-refractivity contribution in [1.29, 1.82) is 0 Å². The molecule has 39 heavy (non-hydrogen) atoms. The van der Waals surface area contributed by atoms with E-state index in [1.54, 1.807) is 12.0 Å². The Balaban J connectivity index is 1.63. The fraction of sp³-hybridized carbons (Fsp3) is 0.375. The largest absolute Gasteiger partial charge is 0.497 e. The number of hydrogen-bond acceptors (Lipinski definition) is 4. The third-order valence-corrected chi connectivity index (χ3v) is 8.48. The molecule has 0 aromatic heterocycles. The van der Waals surface area contributed by atoms with Crippen LogP contribution in [0, 0.1) is 13.8 Å². The van der Waals surface area contributed by atoms with Crippen LogP contribution in [0.3, 0.4) is 0 Å². The Bertz CT molecular complexity index is 1250. The molecule has 3 aromatic rings. The summed E-state index contributed by atoms with van der Waals surface area (Å²) in [6, 6.07) is 20.7. The summed E-state index contributed by atoms with van der Waals surface area (Å²) in [5.41, 5.74) is 3.93. The molecule has 6 nitrogen and oxygen atoms in total. The molecular formula is C32H37BrN2O4. The average molecular weight is 594 g/mol. The molecule has 0 spiro atoms. The first kappa shape index (κ1) is 28.7. The monoisotopic (exact) mass is 592 g/mol. The highest BCUT2D eigenvalue weighted by molar-refractivity contribution is 9.10. The van der Waals surface area contributed by atoms with Gasteiger partial charge in [-0.05, 0) is 73.2 Å². The van der Waals surface area contributed by atoms with Crippen molar-refractivity contribution in [2.45, 2.75) is 64.6 Å². The van der Waals surface area contributed by atoms with Crippen LogP contribution in [0.4, 0.5) is 0 Å². The van der Waals surface area contributed by atoms with Gasteiger partial charge in [0, 0.05) is 23.5 Å². The summed E-state index contributed by atoms with van der Waals surface area (Å²) in [5, 5.41) is 3.23. The predicted molar refractivity (Wildman–Crippen MR) is 157 cm³/mol. The van der Waals surface area contributed by atoms with E-state index in [1.165, 1.54) is 0 Å². The highest BCUT2D eigenvalue weighted by Gasteiger charge is 2.32. The number of amides is 2. The van der Waals surface area contributed by atoms with Gasteiger partial charge in [0.2, 0.25) is 5.91 Å². The molecule has 0 heterocycles. The normalized spacial score (nSPS) is 14.1. The molecule has 206 valence electrons. The summed E-state index contributed by atoms with van der Waals surface area (Å²) >= 11 is 3.58. The Hall–Kier alpha value is -3.32. The van der Waals surface area contributed by atoms with Gasteiger partial charge in [0.1, 0.15) is 17.5 Å². The summed E-state index contributed by atoms with van der Waals surface area (Å²) in [7, 11) is 1.62. The second-order valence-corrected chi connectivity index (χ2v) is 11.0. The standard InChI is InChI=1S/C32H37BrN2O4/c1-22-16-28(17-23(2)31(22)33)39-21-30(36)35(20-25-12-9-15-27(18-25)38-3)29(19-24-10-5-4-6-11-24)32(37)34-26-13-7-8-14-26/h4-6,9-12,15-18,26,29H,7-8,13-14,19-21H2,1-3H3,(H,34,37)/t29-/m0/s1. The molecule has 3 aromatic carbocycles. The fourth-order valence-electron chi connectivity index (χ4n) is 5.11. The summed E-state index contributed by atoms with van der Waals surface area (Å²) in [5.74, 6) is 0.945. The molecule has 4 rings (SSSR count). The minimum atomic E-state index is -0.691. The zero-order valence-corrected chi connectivity index (χ0v) is 24.5. The number of aryl methyl sites for hydroxylation is 2. The third kappa shape index (κ3) is 7.85. The number of nitrogens with one attached hydrogen (secondary N) is 1. The molecule has 1 saturated carbocycles. The lowest BCUT2D eigenvalue weighted by Crippen LogP contribution is -2.53. The van der Waals surface area contributed by atoms with Crippen molar-refractivity contribution in [3.63, 3.8) is 0 Å². The maximum absolute atomic E-state index is 13.9. The van der Waals surface area contributed by atoms with Crippen molar-refractivity contribution >= 4 is 27.7 Å². The molecule has 7 heteroatoms. The number of hydrogen-bond donors (Lipinski definition) is 1. The van der Waals surface area contributed by atoms with Crippen molar-refractivity contribution in [3.8, 4) is 11.5 Å². The Kier molecular flexibility index (Phi) is 10.0. The van der Waals surface area contributed by atoms with Crippen LogP contribution in [0.25, 0.3) is 0 Å². The molecule has 0 unspecified atom stereocenters.